The van der Waals surface area contributed by atoms with E-state index in [4.69, 9.17) is 4.74 Å². The highest BCUT2D eigenvalue weighted by molar-refractivity contribution is 7.99. The van der Waals surface area contributed by atoms with Gasteiger partial charge in [-0.3, -0.25) is 14.0 Å². The van der Waals surface area contributed by atoms with Crippen LogP contribution in [-0.2, 0) is 0 Å². The number of aromatic nitrogens is 4. The van der Waals surface area contributed by atoms with Crippen LogP contribution >= 0.6 is 11.8 Å². The van der Waals surface area contributed by atoms with Gasteiger partial charge in [0.1, 0.15) is 5.75 Å². The fraction of sp³-hybridized carbons (Fsp3) is 0.185. The Kier molecular flexibility index (Phi) is 6.13. The second kappa shape index (κ2) is 9.38. The molecule has 5 aromatic rings. The molecule has 0 amide bonds. The molecule has 0 unspecified atom stereocenters. The Bertz CT molecular complexity index is 1620. The summed E-state index contributed by atoms with van der Waals surface area (Å²) in [6, 6.07) is 20.5. The van der Waals surface area contributed by atoms with E-state index >= 15 is 0 Å². The third kappa shape index (κ3) is 4.21. The van der Waals surface area contributed by atoms with Crippen molar-refractivity contribution < 1.29 is 9.53 Å². The van der Waals surface area contributed by atoms with Gasteiger partial charge in [-0.25, -0.2) is 4.57 Å². The zero-order valence-corrected chi connectivity index (χ0v) is 20.5. The predicted octanol–water partition coefficient (Wildman–Crippen LogP) is 5.02. The fourth-order valence-corrected chi connectivity index (χ4v) is 5.00. The van der Waals surface area contributed by atoms with Crippen LogP contribution in [0.1, 0.15) is 28.4 Å². The number of carbonyl (C=O) groups excluding carboxylic acids is 1. The number of aryl methyl sites for hydroxylation is 2. The predicted molar refractivity (Wildman–Crippen MR) is 138 cm³/mol. The molecule has 2 aromatic heterocycles. The Hall–Kier alpha value is -3.91. The summed E-state index contributed by atoms with van der Waals surface area (Å²) < 4.78 is 8.91. The molecule has 0 saturated heterocycles. The molecular weight excluding hydrogens is 460 g/mol. The number of hydrogen-bond acceptors (Lipinski definition) is 6. The number of ether oxygens (including phenoxy) is 1. The van der Waals surface area contributed by atoms with Gasteiger partial charge in [0, 0.05) is 5.56 Å². The lowest BCUT2D eigenvalue weighted by Gasteiger charge is -2.13. The van der Waals surface area contributed by atoms with Gasteiger partial charge in [-0.15, -0.1) is 10.2 Å². The van der Waals surface area contributed by atoms with Crippen LogP contribution in [0.3, 0.4) is 0 Å². The number of nitrogens with zero attached hydrogens (tertiary/aromatic N) is 4. The van der Waals surface area contributed by atoms with Gasteiger partial charge >= 0.3 is 0 Å². The maximum absolute atomic E-state index is 13.5. The van der Waals surface area contributed by atoms with Gasteiger partial charge in [0.2, 0.25) is 5.78 Å². The summed E-state index contributed by atoms with van der Waals surface area (Å²) in [5, 5.41) is 9.85. The number of hydrogen-bond donors (Lipinski definition) is 0. The molecule has 0 atom stereocenters. The van der Waals surface area contributed by atoms with E-state index in [2.05, 4.69) is 10.2 Å². The number of fused-ring (bicyclic) bond motifs is 3. The van der Waals surface area contributed by atoms with Crippen LogP contribution in [0.4, 0.5) is 0 Å². The van der Waals surface area contributed by atoms with Crippen LogP contribution in [0.5, 0.6) is 5.75 Å². The number of benzene rings is 3. The van der Waals surface area contributed by atoms with Crippen molar-refractivity contribution in [2.24, 2.45) is 0 Å². The lowest BCUT2D eigenvalue weighted by Crippen LogP contribution is -2.22. The zero-order valence-electron chi connectivity index (χ0n) is 19.7. The van der Waals surface area contributed by atoms with Crippen LogP contribution in [0.25, 0.3) is 22.4 Å². The fourth-order valence-electron chi connectivity index (χ4n) is 4.16. The van der Waals surface area contributed by atoms with Crippen LogP contribution in [0.15, 0.2) is 76.7 Å². The van der Waals surface area contributed by atoms with E-state index in [0.717, 1.165) is 22.6 Å². The first-order valence-electron chi connectivity index (χ1n) is 11.3. The molecule has 0 fully saturated rings. The number of thioether (sulfide) groups is 1. The molecule has 3 aromatic carbocycles. The Morgan fingerprint density at radius 3 is 2.51 bits per heavy atom. The maximum atomic E-state index is 13.5. The van der Waals surface area contributed by atoms with Crippen LogP contribution in [0, 0.1) is 13.8 Å². The minimum Gasteiger partial charge on any atom is -0.494 e. The Morgan fingerprint density at radius 2 is 1.77 bits per heavy atom. The molecule has 176 valence electrons. The van der Waals surface area contributed by atoms with Crippen molar-refractivity contribution in [3.63, 3.8) is 0 Å². The summed E-state index contributed by atoms with van der Waals surface area (Å²) in [6.45, 7) is 6.48. The molecule has 0 radical (unpaired) electrons. The highest BCUT2D eigenvalue weighted by atomic mass is 32.2. The van der Waals surface area contributed by atoms with Crippen molar-refractivity contribution in [1.29, 1.82) is 0 Å². The average molecular weight is 485 g/mol. The van der Waals surface area contributed by atoms with E-state index in [1.807, 2.05) is 61.6 Å². The minimum absolute atomic E-state index is 0.0261. The largest absolute Gasteiger partial charge is 0.494 e. The average Bonchev–Trinajstić information content (AvgIpc) is 3.28. The number of para-hydroxylation sites is 1. The second-order valence-corrected chi connectivity index (χ2v) is 9.18. The van der Waals surface area contributed by atoms with E-state index in [0.29, 0.717) is 34.0 Å². The molecule has 0 bridgehead atoms. The minimum atomic E-state index is -0.158. The molecule has 0 aliphatic carbocycles. The Morgan fingerprint density at radius 1 is 1.00 bits per heavy atom. The van der Waals surface area contributed by atoms with Crippen molar-refractivity contribution in [2.75, 3.05) is 12.4 Å². The molecule has 0 aliphatic heterocycles. The van der Waals surface area contributed by atoms with Gasteiger partial charge in [0.25, 0.3) is 5.56 Å². The van der Waals surface area contributed by atoms with Crippen molar-refractivity contribution in [3.8, 4) is 11.4 Å². The number of ketones is 1. The molecule has 2 heterocycles. The molecule has 0 N–H and O–H groups in total. The normalized spacial score (nSPS) is 11.3. The van der Waals surface area contributed by atoms with E-state index in [1.165, 1.54) is 11.8 Å². The lowest BCUT2D eigenvalue weighted by atomic mass is 10.1. The second-order valence-electron chi connectivity index (χ2n) is 8.23. The van der Waals surface area contributed by atoms with Crippen LogP contribution in [0.2, 0.25) is 0 Å². The van der Waals surface area contributed by atoms with Gasteiger partial charge in [0.15, 0.2) is 10.9 Å². The maximum Gasteiger partial charge on any atom is 0.267 e. The smallest absolute Gasteiger partial charge is 0.267 e. The SMILES string of the molecule is CCOc1ccc(C(=O)CSc2nnc3n(-c4ccc(C)cc4C)c(=O)c4ccccc4n23)cc1. The highest BCUT2D eigenvalue weighted by Crippen LogP contribution is 2.25. The zero-order chi connectivity index (χ0) is 24.5. The lowest BCUT2D eigenvalue weighted by molar-refractivity contribution is 0.102. The molecule has 0 saturated carbocycles. The first-order chi connectivity index (χ1) is 17.0. The topological polar surface area (TPSA) is 78.5 Å². The van der Waals surface area contributed by atoms with Gasteiger partial charge in [-0.1, -0.05) is 41.6 Å². The van der Waals surface area contributed by atoms with E-state index in [-0.39, 0.29) is 17.1 Å². The molecule has 0 spiro atoms. The number of Topliss-reactive ketones (excluding diaryl/α,β-unsaturated/α-hetero) is 1. The monoisotopic (exact) mass is 484 g/mol. The summed E-state index contributed by atoms with van der Waals surface area (Å²) >= 11 is 1.30. The quantitative estimate of drug-likeness (QED) is 0.238. The molecule has 0 aliphatic rings. The van der Waals surface area contributed by atoms with Crippen LogP contribution < -0.4 is 10.3 Å². The van der Waals surface area contributed by atoms with E-state index in [1.54, 1.807) is 34.9 Å². The van der Waals surface area contributed by atoms with Crippen LogP contribution in [-0.4, -0.2) is 37.3 Å². The van der Waals surface area contributed by atoms with Gasteiger partial charge < -0.3 is 4.74 Å². The molecule has 8 heteroatoms. The van der Waals surface area contributed by atoms with E-state index < -0.39 is 0 Å². The summed E-state index contributed by atoms with van der Waals surface area (Å²) in [7, 11) is 0. The highest BCUT2D eigenvalue weighted by Gasteiger charge is 2.19. The third-order valence-electron chi connectivity index (χ3n) is 5.81. The van der Waals surface area contributed by atoms with Crippen molar-refractivity contribution in [2.45, 2.75) is 25.9 Å². The summed E-state index contributed by atoms with van der Waals surface area (Å²) in [5.74, 6) is 1.31. The Labute approximate surface area is 206 Å². The molecule has 5 rings (SSSR count). The third-order valence-corrected chi connectivity index (χ3v) is 6.74. The van der Waals surface area contributed by atoms with Crippen molar-refractivity contribution in [3.05, 3.63) is 93.8 Å². The molecular formula is C27H24N4O3S. The standard InChI is InChI=1S/C27H24N4O3S/c1-4-34-20-12-10-19(11-13-20)24(32)16-35-27-29-28-26-30(22-14-9-17(2)15-18(22)3)25(33)21-7-5-6-8-23(21)31(26)27/h5-15H,4,16H2,1-3H3. The Balaban J connectivity index is 1.57. The number of rotatable bonds is 7. The van der Waals surface area contributed by atoms with Gasteiger partial charge in [-0.2, -0.15) is 0 Å². The molecule has 35 heavy (non-hydrogen) atoms. The van der Waals surface area contributed by atoms with Crippen molar-refractivity contribution >= 4 is 34.2 Å². The summed E-state index contributed by atoms with van der Waals surface area (Å²) in [6.07, 6.45) is 0. The van der Waals surface area contributed by atoms with Crippen molar-refractivity contribution in [1.82, 2.24) is 19.2 Å². The van der Waals surface area contributed by atoms with E-state index in [9.17, 15) is 9.59 Å². The van der Waals surface area contributed by atoms with Gasteiger partial charge in [-0.05, 0) is 68.8 Å². The first-order valence-corrected chi connectivity index (χ1v) is 12.3. The molecule has 7 nitrogen and oxygen atoms in total. The summed E-state index contributed by atoms with van der Waals surface area (Å²) in [5.41, 5.74) is 3.98. The number of carbonyl (C=O) groups is 1. The van der Waals surface area contributed by atoms with Gasteiger partial charge in [0.05, 0.1) is 29.0 Å². The summed E-state index contributed by atoms with van der Waals surface area (Å²) in [4.78, 5) is 26.4. The first kappa shape index (κ1) is 22.9.